The molecule has 3 nitrogen and oxygen atoms in total. The average molecular weight is 346 g/mol. The van der Waals surface area contributed by atoms with Crippen molar-refractivity contribution in [3.63, 3.8) is 0 Å². The molecule has 2 N–H and O–H groups in total. The first kappa shape index (κ1) is 16.0. The molecule has 0 heterocycles. The van der Waals surface area contributed by atoms with E-state index in [1.54, 1.807) is 12.1 Å². The van der Waals surface area contributed by atoms with E-state index in [1.165, 1.54) is 25.1 Å². The first-order valence-corrected chi connectivity index (χ1v) is 7.35. The first-order valence-electron chi connectivity index (χ1n) is 6.15. The molecular weight excluding hydrogens is 329 g/mol. The number of halogens is 2. The summed E-state index contributed by atoms with van der Waals surface area (Å²) in [5.74, 6) is -0.332. The van der Waals surface area contributed by atoms with E-state index in [0.29, 0.717) is 15.1 Å². The van der Waals surface area contributed by atoms with E-state index in [-0.39, 0.29) is 5.82 Å². The molecule has 0 aliphatic carbocycles. The summed E-state index contributed by atoms with van der Waals surface area (Å²) in [6.07, 6.45) is 4.82. The Morgan fingerprint density at radius 3 is 2.95 bits per heavy atom. The molecule has 1 aromatic rings. The topological polar surface area (TPSA) is 36.4 Å². The van der Waals surface area contributed by atoms with Gasteiger partial charge in [0, 0.05) is 16.6 Å². The SMILES string of the molecule is CCCCCNC(=S)N/N=C\c1ccc(Br)cc1F. The quantitative estimate of drug-likeness (QED) is 0.358. The lowest BCUT2D eigenvalue weighted by Gasteiger charge is -2.06. The summed E-state index contributed by atoms with van der Waals surface area (Å²) in [5.41, 5.74) is 3.07. The fourth-order valence-corrected chi connectivity index (χ4v) is 1.87. The number of nitrogens with zero attached hydrogens (tertiary/aromatic N) is 1. The molecule has 104 valence electrons. The summed E-state index contributed by atoms with van der Waals surface area (Å²) in [6, 6.07) is 4.79. The van der Waals surface area contributed by atoms with Gasteiger partial charge in [-0.05, 0) is 36.8 Å². The van der Waals surface area contributed by atoms with Crippen LogP contribution in [0.1, 0.15) is 31.7 Å². The zero-order valence-corrected chi connectivity index (χ0v) is 13.2. The molecule has 1 rings (SSSR count). The summed E-state index contributed by atoms with van der Waals surface area (Å²) in [6.45, 7) is 2.97. The van der Waals surface area contributed by atoms with Crippen molar-refractivity contribution in [3.8, 4) is 0 Å². The molecule has 0 spiro atoms. The molecule has 0 aliphatic heterocycles. The summed E-state index contributed by atoms with van der Waals surface area (Å²) in [4.78, 5) is 0. The summed E-state index contributed by atoms with van der Waals surface area (Å²) in [5, 5.41) is 7.38. The van der Waals surface area contributed by atoms with Gasteiger partial charge in [-0.25, -0.2) is 4.39 Å². The van der Waals surface area contributed by atoms with Crippen LogP contribution < -0.4 is 10.7 Å². The molecule has 0 bridgehead atoms. The van der Waals surface area contributed by atoms with Crippen LogP contribution in [0.3, 0.4) is 0 Å². The van der Waals surface area contributed by atoms with Crippen LogP contribution in [0.2, 0.25) is 0 Å². The number of hydrogen-bond acceptors (Lipinski definition) is 2. The molecule has 0 unspecified atom stereocenters. The predicted octanol–water partition coefficient (Wildman–Crippen LogP) is 3.58. The highest BCUT2D eigenvalue weighted by Crippen LogP contribution is 2.13. The van der Waals surface area contributed by atoms with E-state index >= 15 is 0 Å². The monoisotopic (exact) mass is 345 g/mol. The van der Waals surface area contributed by atoms with Crippen LogP contribution in [0, 0.1) is 5.82 Å². The third kappa shape index (κ3) is 6.63. The third-order valence-electron chi connectivity index (χ3n) is 2.40. The van der Waals surface area contributed by atoms with Gasteiger partial charge in [-0.3, -0.25) is 5.43 Å². The van der Waals surface area contributed by atoms with Gasteiger partial charge in [0.1, 0.15) is 5.82 Å². The van der Waals surface area contributed by atoms with Crippen molar-refractivity contribution < 1.29 is 4.39 Å². The maximum atomic E-state index is 13.5. The number of nitrogens with one attached hydrogen (secondary N) is 2. The van der Waals surface area contributed by atoms with Crippen molar-refractivity contribution in [1.29, 1.82) is 0 Å². The molecule has 0 amide bonds. The molecule has 0 atom stereocenters. The van der Waals surface area contributed by atoms with Gasteiger partial charge in [0.15, 0.2) is 5.11 Å². The van der Waals surface area contributed by atoms with Crippen LogP contribution in [0.25, 0.3) is 0 Å². The van der Waals surface area contributed by atoms with E-state index in [9.17, 15) is 4.39 Å². The number of hydrazone groups is 1. The van der Waals surface area contributed by atoms with Crippen molar-refractivity contribution in [2.45, 2.75) is 26.2 Å². The van der Waals surface area contributed by atoms with Crippen molar-refractivity contribution in [2.75, 3.05) is 6.54 Å². The van der Waals surface area contributed by atoms with Crippen molar-refractivity contribution >= 4 is 39.5 Å². The Balaban J connectivity index is 2.34. The van der Waals surface area contributed by atoms with Crippen LogP contribution in [0.4, 0.5) is 4.39 Å². The van der Waals surface area contributed by atoms with Crippen LogP contribution in [-0.2, 0) is 0 Å². The Morgan fingerprint density at radius 1 is 1.47 bits per heavy atom. The van der Waals surface area contributed by atoms with Gasteiger partial charge in [0.25, 0.3) is 0 Å². The Kier molecular flexibility index (Phi) is 7.59. The average Bonchev–Trinajstić information content (AvgIpc) is 2.37. The van der Waals surface area contributed by atoms with Gasteiger partial charge >= 0.3 is 0 Å². The van der Waals surface area contributed by atoms with E-state index in [1.807, 2.05) is 0 Å². The highest BCUT2D eigenvalue weighted by Gasteiger charge is 1.99. The number of benzene rings is 1. The number of hydrogen-bond donors (Lipinski definition) is 2. The third-order valence-corrected chi connectivity index (χ3v) is 3.13. The molecule has 19 heavy (non-hydrogen) atoms. The zero-order valence-electron chi connectivity index (χ0n) is 10.7. The lowest BCUT2D eigenvalue weighted by molar-refractivity contribution is 0.625. The van der Waals surface area contributed by atoms with E-state index in [2.05, 4.69) is 38.7 Å². The fourth-order valence-electron chi connectivity index (χ4n) is 1.38. The van der Waals surface area contributed by atoms with Gasteiger partial charge in [-0.15, -0.1) is 0 Å². The number of rotatable bonds is 6. The van der Waals surface area contributed by atoms with Crippen molar-refractivity contribution in [2.24, 2.45) is 5.10 Å². The Hall–Kier alpha value is -1.01. The molecule has 0 aromatic heterocycles. The summed E-state index contributed by atoms with van der Waals surface area (Å²) >= 11 is 8.23. The smallest absolute Gasteiger partial charge is 0.186 e. The normalized spacial score (nSPS) is 10.7. The van der Waals surface area contributed by atoms with Crippen LogP contribution >= 0.6 is 28.1 Å². The Morgan fingerprint density at radius 2 is 2.26 bits per heavy atom. The zero-order chi connectivity index (χ0) is 14.1. The highest BCUT2D eigenvalue weighted by molar-refractivity contribution is 9.10. The molecule has 1 aromatic carbocycles. The van der Waals surface area contributed by atoms with Gasteiger partial charge < -0.3 is 5.32 Å². The predicted molar refractivity (Wildman–Crippen MR) is 85.0 cm³/mol. The van der Waals surface area contributed by atoms with Gasteiger partial charge in [-0.2, -0.15) is 5.10 Å². The summed E-state index contributed by atoms with van der Waals surface area (Å²) < 4.78 is 14.2. The Bertz CT molecular complexity index is 452. The second-order valence-electron chi connectivity index (χ2n) is 4.00. The minimum atomic E-state index is -0.332. The van der Waals surface area contributed by atoms with Crippen LogP contribution in [-0.4, -0.2) is 17.9 Å². The van der Waals surface area contributed by atoms with Gasteiger partial charge in [0.05, 0.1) is 6.21 Å². The molecule has 0 saturated heterocycles. The maximum Gasteiger partial charge on any atom is 0.186 e. The number of thiocarbonyl (C=S) groups is 1. The molecule has 0 aliphatic rings. The standard InChI is InChI=1S/C13H17BrFN3S/c1-2-3-4-7-16-13(19)18-17-9-10-5-6-11(14)8-12(10)15/h5-6,8-9H,2-4,7H2,1H3,(H2,16,18,19)/b17-9-. The van der Waals surface area contributed by atoms with Crippen molar-refractivity contribution in [3.05, 3.63) is 34.1 Å². The van der Waals surface area contributed by atoms with E-state index < -0.39 is 0 Å². The molecule has 0 fully saturated rings. The largest absolute Gasteiger partial charge is 0.361 e. The van der Waals surface area contributed by atoms with E-state index in [4.69, 9.17) is 12.2 Å². The molecule has 6 heteroatoms. The lowest BCUT2D eigenvalue weighted by atomic mass is 10.2. The van der Waals surface area contributed by atoms with Crippen LogP contribution in [0.15, 0.2) is 27.8 Å². The van der Waals surface area contributed by atoms with Gasteiger partial charge in [0.2, 0.25) is 0 Å². The molecule has 0 saturated carbocycles. The second-order valence-corrected chi connectivity index (χ2v) is 5.32. The van der Waals surface area contributed by atoms with Crippen LogP contribution in [0.5, 0.6) is 0 Å². The molecular formula is C13H17BrFN3S. The minimum absolute atomic E-state index is 0.332. The second kappa shape index (κ2) is 8.98. The van der Waals surface area contributed by atoms with Crippen molar-refractivity contribution in [1.82, 2.24) is 10.7 Å². The van der Waals surface area contributed by atoms with Gasteiger partial charge in [-0.1, -0.05) is 35.7 Å². The highest BCUT2D eigenvalue weighted by atomic mass is 79.9. The number of unbranched alkanes of at least 4 members (excludes halogenated alkanes) is 2. The Labute approximate surface area is 126 Å². The maximum absolute atomic E-state index is 13.5. The molecule has 0 radical (unpaired) electrons. The first-order chi connectivity index (χ1) is 9.13. The summed E-state index contributed by atoms with van der Waals surface area (Å²) in [7, 11) is 0. The van der Waals surface area contributed by atoms with E-state index in [0.717, 1.165) is 13.0 Å². The lowest BCUT2D eigenvalue weighted by Crippen LogP contribution is -2.32. The minimum Gasteiger partial charge on any atom is -0.361 e. The fraction of sp³-hybridized carbons (Fsp3) is 0.385.